The summed E-state index contributed by atoms with van der Waals surface area (Å²) in [5.41, 5.74) is 1.05. The third-order valence-corrected chi connectivity index (χ3v) is 1.86. The molecule has 4 heteroatoms. The van der Waals surface area contributed by atoms with Gasteiger partial charge in [0.1, 0.15) is 5.82 Å². The number of amides is 1. The number of nitrogens with one attached hydrogen (secondary N) is 1. The van der Waals surface area contributed by atoms with E-state index in [0.29, 0.717) is 5.82 Å². The summed E-state index contributed by atoms with van der Waals surface area (Å²) in [7, 11) is 0. The molecule has 0 aliphatic rings. The van der Waals surface area contributed by atoms with Crippen molar-refractivity contribution in [1.29, 1.82) is 0 Å². The standard InChI is InChI=1S/C10H14N2O2/c1-10(2,3)7-4-5-11-8(6-7)12-9(13)14/h4-6H,1-3H3,(H,11,12)(H,13,14). The summed E-state index contributed by atoms with van der Waals surface area (Å²) in [4.78, 5) is 14.3. The Bertz CT molecular complexity index is 342. The molecule has 2 N–H and O–H groups in total. The number of pyridine rings is 1. The van der Waals surface area contributed by atoms with Crippen molar-refractivity contribution in [1.82, 2.24) is 4.98 Å². The molecular weight excluding hydrogens is 180 g/mol. The van der Waals surface area contributed by atoms with Crippen LogP contribution in [0.25, 0.3) is 0 Å². The van der Waals surface area contributed by atoms with Crippen LogP contribution in [-0.4, -0.2) is 16.2 Å². The number of rotatable bonds is 1. The van der Waals surface area contributed by atoms with E-state index < -0.39 is 6.09 Å². The average molecular weight is 194 g/mol. The van der Waals surface area contributed by atoms with Gasteiger partial charge in [0.25, 0.3) is 0 Å². The van der Waals surface area contributed by atoms with Gasteiger partial charge < -0.3 is 5.11 Å². The Morgan fingerprint density at radius 3 is 2.64 bits per heavy atom. The Kier molecular flexibility index (Phi) is 2.74. The highest BCUT2D eigenvalue weighted by Gasteiger charge is 2.14. The molecule has 0 aliphatic heterocycles. The largest absolute Gasteiger partial charge is 0.465 e. The van der Waals surface area contributed by atoms with Crippen LogP contribution in [0.15, 0.2) is 18.3 Å². The van der Waals surface area contributed by atoms with E-state index in [1.54, 1.807) is 12.3 Å². The predicted octanol–water partition coefficient (Wildman–Crippen LogP) is 2.47. The lowest BCUT2D eigenvalue weighted by Gasteiger charge is -2.19. The van der Waals surface area contributed by atoms with E-state index in [2.05, 4.69) is 31.1 Å². The fourth-order valence-corrected chi connectivity index (χ4v) is 1.07. The van der Waals surface area contributed by atoms with Gasteiger partial charge in [0.2, 0.25) is 0 Å². The number of hydrogen-bond acceptors (Lipinski definition) is 2. The van der Waals surface area contributed by atoms with Gasteiger partial charge in [0, 0.05) is 6.20 Å². The van der Waals surface area contributed by atoms with E-state index in [1.807, 2.05) is 6.07 Å². The maximum Gasteiger partial charge on any atom is 0.410 e. The van der Waals surface area contributed by atoms with Crippen LogP contribution in [0.3, 0.4) is 0 Å². The molecule has 0 bridgehead atoms. The SMILES string of the molecule is CC(C)(C)c1ccnc(NC(=O)O)c1. The second-order valence-corrected chi connectivity index (χ2v) is 4.11. The molecule has 1 aromatic heterocycles. The highest BCUT2D eigenvalue weighted by atomic mass is 16.4. The van der Waals surface area contributed by atoms with Gasteiger partial charge in [-0.3, -0.25) is 5.32 Å². The number of carboxylic acid groups (broad SMARTS) is 1. The minimum atomic E-state index is -1.09. The summed E-state index contributed by atoms with van der Waals surface area (Å²) in [6.07, 6.45) is 0.509. The Morgan fingerprint density at radius 1 is 1.50 bits per heavy atom. The third-order valence-electron chi connectivity index (χ3n) is 1.86. The number of aromatic nitrogens is 1. The van der Waals surface area contributed by atoms with Crippen LogP contribution in [0, 0.1) is 0 Å². The van der Waals surface area contributed by atoms with E-state index in [9.17, 15) is 4.79 Å². The minimum absolute atomic E-state index is 0.00211. The van der Waals surface area contributed by atoms with Crippen LogP contribution >= 0.6 is 0 Å². The molecule has 0 aromatic carbocycles. The van der Waals surface area contributed by atoms with Crippen molar-refractivity contribution in [2.45, 2.75) is 26.2 Å². The third kappa shape index (κ3) is 2.73. The van der Waals surface area contributed by atoms with Crippen molar-refractivity contribution in [2.24, 2.45) is 0 Å². The Morgan fingerprint density at radius 2 is 2.14 bits per heavy atom. The van der Waals surface area contributed by atoms with Crippen molar-refractivity contribution < 1.29 is 9.90 Å². The fraction of sp³-hybridized carbons (Fsp3) is 0.400. The van der Waals surface area contributed by atoms with Gasteiger partial charge in [0.05, 0.1) is 0 Å². The first-order chi connectivity index (χ1) is 6.39. The lowest BCUT2D eigenvalue weighted by Crippen LogP contribution is -2.14. The molecule has 0 aliphatic carbocycles. The van der Waals surface area contributed by atoms with Crippen LogP contribution in [0.1, 0.15) is 26.3 Å². The second kappa shape index (κ2) is 3.65. The number of anilines is 1. The van der Waals surface area contributed by atoms with E-state index >= 15 is 0 Å². The first kappa shape index (κ1) is 10.5. The van der Waals surface area contributed by atoms with Gasteiger partial charge in [-0.15, -0.1) is 0 Å². The predicted molar refractivity (Wildman–Crippen MR) is 54.6 cm³/mol. The number of hydrogen-bond donors (Lipinski definition) is 2. The molecule has 0 fully saturated rings. The van der Waals surface area contributed by atoms with Crippen LogP contribution in [0.5, 0.6) is 0 Å². The quantitative estimate of drug-likeness (QED) is 0.721. The van der Waals surface area contributed by atoms with Gasteiger partial charge in [-0.25, -0.2) is 9.78 Å². The lowest BCUT2D eigenvalue weighted by atomic mass is 9.88. The molecule has 76 valence electrons. The molecule has 4 nitrogen and oxygen atoms in total. The molecule has 0 saturated carbocycles. The summed E-state index contributed by atoms with van der Waals surface area (Å²) in [6.45, 7) is 6.19. The average Bonchev–Trinajstić information content (AvgIpc) is 2.01. The molecule has 0 radical (unpaired) electrons. The maximum absolute atomic E-state index is 10.4. The summed E-state index contributed by atoms with van der Waals surface area (Å²) >= 11 is 0. The highest BCUT2D eigenvalue weighted by molar-refractivity contribution is 5.81. The molecule has 1 aromatic rings. The minimum Gasteiger partial charge on any atom is -0.465 e. The van der Waals surface area contributed by atoms with E-state index in [-0.39, 0.29) is 5.41 Å². The molecule has 1 amide bonds. The summed E-state index contributed by atoms with van der Waals surface area (Å²) in [5, 5.41) is 10.7. The van der Waals surface area contributed by atoms with E-state index in [4.69, 9.17) is 5.11 Å². The van der Waals surface area contributed by atoms with Crippen molar-refractivity contribution in [2.75, 3.05) is 5.32 Å². The lowest BCUT2D eigenvalue weighted by molar-refractivity contribution is 0.209. The van der Waals surface area contributed by atoms with Crippen LogP contribution in [0.4, 0.5) is 10.6 Å². The molecule has 0 unspecified atom stereocenters. The zero-order valence-electron chi connectivity index (χ0n) is 8.53. The normalized spacial score (nSPS) is 11.1. The van der Waals surface area contributed by atoms with E-state index in [1.165, 1.54) is 0 Å². The Labute approximate surface area is 83.0 Å². The molecule has 0 spiro atoms. The Balaban J connectivity index is 2.95. The molecule has 0 saturated heterocycles. The summed E-state index contributed by atoms with van der Waals surface area (Å²) in [6, 6.07) is 3.63. The zero-order chi connectivity index (χ0) is 10.8. The number of nitrogens with zero attached hydrogens (tertiary/aromatic N) is 1. The van der Waals surface area contributed by atoms with Gasteiger partial charge in [-0.05, 0) is 23.1 Å². The fourth-order valence-electron chi connectivity index (χ4n) is 1.07. The highest BCUT2D eigenvalue weighted by Crippen LogP contribution is 2.23. The van der Waals surface area contributed by atoms with Crippen LogP contribution < -0.4 is 5.32 Å². The van der Waals surface area contributed by atoms with Gasteiger partial charge in [-0.2, -0.15) is 0 Å². The first-order valence-corrected chi connectivity index (χ1v) is 4.36. The van der Waals surface area contributed by atoms with Gasteiger partial charge in [-0.1, -0.05) is 20.8 Å². The van der Waals surface area contributed by atoms with Crippen LogP contribution in [0.2, 0.25) is 0 Å². The molecule has 14 heavy (non-hydrogen) atoms. The maximum atomic E-state index is 10.4. The first-order valence-electron chi connectivity index (χ1n) is 4.36. The van der Waals surface area contributed by atoms with Gasteiger partial charge in [0.15, 0.2) is 0 Å². The monoisotopic (exact) mass is 194 g/mol. The summed E-state index contributed by atoms with van der Waals surface area (Å²) < 4.78 is 0. The van der Waals surface area contributed by atoms with E-state index in [0.717, 1.165) is 5.56 Å². The second-order valence-electron chi connectivity index (χ2n) is 4.11. The summed E-state index contributed by atoms with van der Waals surface area (Å²) in [5.74, 6) is 0.366. The van der Waals surface area contributed by atoms with Gasteiger partial charge >= 0.3 is 6.09 Å². The van der Waals surface area contributed by atoms with Crippen molar-refractivity contribution in [3.8, 4) is 0 Å². The molecule has 1 heterocycles. The van der Waals surface area contributed by atoms with Crippen molar-refractivity contribution in [3.05, 3.63) is 23.9 Å². The molecular formula is C10H14N2O2. The Hall–Kier alpha value is -1.58. The van der Waals surface area contributed by atoms with Crippen molar-refractivity contribution >= 4 is 11.9 Å². The molecule has 1 rings (SSSR count). The molecule has 0 atom stereocenters. The topological polar surface area (TPSA) is 62.2 Å². The zero-order valence-corrected chi connectivity index (χ0v) is 8.53. The number of carbonyl (C=O) groups is 1. The van der Waals surface area contributed by atoms with Crippen LogP contribution in [-0.2, 0) is 5.41 Å². The van der Waals surface area contributed by atoms with Crippen molar-refractivity contribution in [3.63, 3.8) is 0 Å². The smallest absolute Gasteiger partial charge is 0.410 e.